The molecule has 2 aromatic heterocycles. The summed E-state index contributed by atoms with van der Waals surface area (Å²) in [6.07, 6.45) is 1.75. The molecule has 2 heterocycles. The first-order chi connectivity index (χ1) is 9.70. The third-order valence-corrected chi connectivity index (χ3v) is 3.24. The summed E-state index contributed by atoms with van der Waals surface area (Å²) in [5, 5.41) is 1.93. The number of rotatable bonds is 2. The highest BCUT2D eigenvalue weighted by atomic mass is 16.5. The fraction of sp³-hybridized carbons (Fsp3) is 0.188. The minimum absolute atomic E-state index is 0.333. The quantitative estimate of drug-likeness (QED) is 0.527. The number of ether oxygens (including phenoxy) is 1. The van der Waals surface area contributed by atoms with Gasteiger partial charge in [0.25, 0.3) is 0 Å². The van der Waals surface area contributed by atoms with E-state index in [9.17, 15) is 4.79 Å². The van der Waals surface area contributed by atoms with Crippen LogP contribution in [0.4, 0.5) is 0 Å². The summed E-state index contributed by atoms with van der Waals surface area (Å²) < 4.78 is 5.05. The SMILES string of the molecule is CCOC(=O)c1cc2ccc3cccnc3c2nc1C. The van der Waals surface area contributed by atoms with E-state index in [1.54, 1.807) is 13.1 Å². The van der Waals surface area contributed by atoms with Gasteiger partial charge in [-0.1, -0.05) is 18.2 Å². The van der Waals surface area contributed by atoms with Crippen LogP contribution in [0, 0.1) is 6.92 Å². The molecule has 0 amide bonds. The minimum atomic E-state index is -0.333. The van der Waals surface area contributed by atoms with E-state index in [2.05, 4.69) is 9.97 Å². The molecule has 4 heteroatoms. The van der Waals surface area contributed by atoms with Gasteiger partial charge in [0.05, 0.1) is 28.9 Å². The van der Waals surface area contributed by atoms with E-state index in [1.807, 2.05) is 37.3 Å². The maximum absolute atomic E-state index is 11.9. The van der Waals surface area contributed by atoms with E-state index in [-0.39, 0.29) is 5.97 Å². The van der Waals surface area contributed by atoms with Crippen LogP contribution in [0.5, 0.6) is 0 Å². The first kappa shape index (κ1) is 12.5. The molecule has 0 atom stereocenters. The van der Waals surface area contributed by atoms with Crippen LogP contribution in [-0.4, -0.2) is 22.5 Å². The molecule has 0 fully saturated rings. The van der Waals surface area contributed by atoms with Gasteiger partial charge in [0.2, 0.25) is 0 Å². The average Bonchev–Trinajstić information content (AvgIpc) is 2.46. The van der Waals surface area contributed by atoms with Crippen LogP contribution < -0.4 is 0 Å². The highest BCUT2D eigenvalue weighted by molar-refractivity contribution is 6.05. The van der Waals surface area contributed by atoms with Crippen molar-refractivity contribution in [1.29, 1.82) is 0 Å². The standard InChI is InChI=1S/C16H14N2O2/c1-3-20-16(19)13-9-12-7-6-11-5-4-8-17-14(11)15(12)18-10(13)2/h4-9H,3H2,1-2H3. The summed E-state index contributed by atoms with van der Waals surface area (Å²) in [7, 11) is 0. The largest absolute Gasteiger partial charge is 0.462 e. The maximum Gasteiger partial charge on any atom is 0.339 e. The second kappa shape index (κ2) is 4.89. The zero-order valence-corrected chi connectivity index (χ0v) is 11.4. The summed E-state index contributed by atoms with van der Waals surface area (Å²) >= 11 is 0. The summed E-state index contributed by atoms with van der Waals surface area (Å²) in [5.74, 6) is -0.333. The Hall–Kier alpha value is -2.49. The molecular weight excluding hydrogens is 252 g/mol. The van der Waals surface area contributed by atoms with Gasteiger partial charge in [-0.25, -0.2) is 9.78 Å². The van der Waals surface area contributed by atoms with Crippen molar-refractivity contribution in [2.45, 2.75) is 13.8 Å². The summed E-state index contributed by atoms with van der Waals surface area (Å²) in [4.78, 5) is 20.8. The van der Waals surface area contributed by atoms with Crippen LogP contribution in [-0.2, 0) is 4.74 Å². The molecule has 3 rings (SSSR count). The second-order valence-corrected chi connectivity index (χ2v) is 4.55. The maximum atomic E-state index is 11.9. The van der Waals surface area contributed by atoms with Crippen molar-refractivity contribution in [3.63, 3.8) is 0 Å². The van der Waals surface area contributed by atoms with Gasteiger partial charge in [-0.2, -0.15) is 0 Å². The summed E-state index contributed by atoms with van der Waals surface area (Å²) in [6, 6.07) is 9.65. The van der Waals surface area contributed by atoms with E-state index in [0.29, 0.717) is 17.9 Å². The van der Waals surface area contributed by atoms with E-state index in [4.69, 9.17) is 4.74 Å². The van der Waals surface area contributed by atoms with Crippen LogP contribution >= 0.6 is 0 Å². The van der Waals surface area contributed by atoms with Gasteiger partial charge in [0.1, 0.15) is 0 Å². The Labute approximate surface area is 116 Å². The van der Waals surface area contributed by atoms with Crippen LogP contribution in [0.2, 0.25) is 0 Å². The fourth-order valence-electron chi connectivity index (χ4n) is 2.28. The predicted octanol–water partition coefficient (Wildman–Crippen LogP) is 3.27. The number of nitrogens with zero attached hydrogens (tertiary/aromatic N) is 2. The predicted molar refractivity (Wildman–Crippen MR) is 77.7 cm³/mol. The van der Waals surface area contributed by atoms with E-state index < -0.39 is 0 Å². The molecule has 0 bridgehead atoms. The normalized spacial score (nSPS) is 10.9. The van der Waals surface area contributed by atoms with Gasteiger partial charge < -0.3 is 4.74 Å². The first-order valence-corrected chi connectivity index (χ1v) is 6.53. The fourth-order valence-corrected chi connectivity index (χ4v) is 2.28. The van der Waals surface area contributed by atoms with Crippen LogP contribution in [0.1, 0.15) is 23.0 Å². The smallest absolute Gasteiger partial charge is 0.339 e. The monoisotopic (exact) mass is 266 g/mol. The van der Waals surface area contributed by atoms with Crippen molar-refractivity contribution in [1.82, 2.24) is 9.97 Å². The topological polar surface area (TPSA) is 52.1 Å². The number of hydrogen-bond donors (Lipinski definition) is 0. The molecule has 0 aliphatic heterocycles. The molecule has 1 aromatic carbocycles. The van der Waals surface area contributed by atoms with Gasteiger partial charge in [0, 0.05) is 17.0 Å². The van der Waals surface area contributed by atoms with Crippen LogP contribution in [0.3, 0.4) is 0 Å². The number of benzene rings is 1. The molecule has 0 radical (unpaired) electrons. The van der Waals surface area contributed by atoms with Crippen LogP contribution in [0.25, 0.3) is 21.8 Å². The first-order valence-electron chi connectivity index (χ1n) is 6.53. The number of aromatic nitrogens is 2. The summed E-state index contributed by atoms with van der Waals surface area (Å²) in [5.41, 5.74) is 2.83. The molecule has 0 spiro atoms. The molecule has 20 heavy (non-hydrogen) atoms. The second-order valence-electron chi connectivity index (χ2n) is 4.55. The lowest BCUT2D eigenvalue weighted by Crippen LogP contribution is -2.08. The zero-order valence-electron chi connectivity index (χ0n) is 11.4. The van der Waals surface area contributed by atoms with Crippen molar-refractivity contribution in [3.8, 4) is 0 Å². The van der Waals surface area contributed by atoms with Crippen molar-refractivity contribution in [2.75, 3.05) is 6.61 Å². The number of aryl methyl sites for hydroxylation is 1. The third kappa shape index (κ3) is 1.99. The molecular formula is C16H14N2O2. The van der Waals surface area contributed by atoms with Gasteiger partial charge in [-0.05, 0) is 26.0 Å². The van der Waals surface area contributed by atoms with Crippen molar-refractivity contribution < 1.29 is 9.53 Å². The Morgan fingerprint density at radius 1 is 1.20 bits per heavy atom. The number of carbonyl (C=O) groups excluding carboxylic acids is 1. The van der Waals surface area contributed by atoms with E-state index in [0.717, 1.165) is 21.8 Å². The molecule has 4 nitrogen and oxygen atoms in total. The Balaban J connectivity index is 2.27. The highest BCUT2D eigenvalue weighted by Crippen LogP contribution is 2.24. The Morgan fingerprint density at radius 3 is 2.80 bits per heavy atom. The van der Waals surface area contributed by atoms with Gasteiger partial charge in [-0.3, -0.25) is 4.98 Å². The number of fused-ring (bicyclic) bond motifs is 3. The minimum Gasteiger partial charge on any atom is -0.462 e. The Bertz CT molecular complexity index is 812. The van der Waals surface area contributed by atoms with Gasteiger partial charge in [-0.15, -0.1) is 0 Å². The number of carbonyl (C=O) groups is 1. The Kier molecular flexibility index (Phi) is 3.06. The van der Waals surface area contributed by atoms with Crippen molar-refractivity contribution >= 4 is 27.8 Å². The number of pyridine rings is 2. The third-order valence-electron chi connectivity index (χ3n) is 3.24. The lowest BCUT2D eigenvalue weighted by atomic mass is 10.1. The van der Waals surface area contributed by atoms with Crippen molar-refractivity contribution in [2.24, 2.45) is 0 Å². The lowest BCUT2D eigenvalue weighted by Gasteiger charge is -2.08. The number of hydrogen-bond acceptors (Lipinski definition) is 4. The molecule has 0 saturated heterocycles. The summed E-state index contributed by atoms with van der Waals surface area (Å²) in [6.45, 7) is 3.96. The number of esters is 1. The zero-order chi connectivity index (χ0) is 14.1. The van der Waals surface area contributed by atoms with E-state index >= 15 is 0 Å². The average molecular weight is 266 g/mol. The lowest BCUT2D eigenvalue weighted by molar-refractivity contribution is 0.0525. The molecule has 0 N–H and O–H groups in total. The molecule has 0 aliphatic carbocycles. The highest BCUT2D eigenvalue weighted by Gasteiger charge is 2.13. The molecule has 100 valence electrons. The van der Waals surface area contributed by atoms with Gasteiger partial charge >= 0.3 is 5.97 Å². The molecule has 0 saturated carbocycles. The molecule has 0 unspecified atom stereocenters. The van der Waals surface area contributed by atoms with E-state index in [1.165, 1.54) is 0 Å². The molecule has 0 aliphatic rings. The van der Waals surface area contributed by atoms with Crippen LogP contribution in [0.15, 0.2) is 36.5 Å². The van der Waals surface area contributed by atoms with Crippen molar-refractivity contribution in [3.05, 3.63) is 47.8 Å². The Morgan fingerprint density at radius 2 is 2.00 bits per heavy atom. The van der Waals surface area contributed by atoms with Gasteiger partial charge in [0.15, 0.2) is 0 Å². The molecule has 3 aromatic rings.